The maximum Gasteiger partial charge on any atom is 0.147 e. The quantitative estimate of drug-likeness (QED) is 0.365. The van der Waals surface area contributed by atoms with Crippen LogP contribution >= 0.6 is 15.9 Å². The molecule has 0 amide bonds. The van der Waals surface area contributed by atoms with Crippen LogP contribution in [0.5, 0.6) is 0 Å². The molecule has 3 aromatic heterocycles. The zero-order chi connectivity index (χ0) is 17.5. The van der Waals surface area contributed by atoms with Crippen molar-refractivity contribution in [3.8, 4) is 22.4 Å². The molecule has 0 atom stereocenters. The third-order valence-corrected chi connectivity index (χ3v) is 5.05. The minimum absolute atomic E-state index is 0.914. The smallest absolute Gasteiger partial charge is 0.147 e. The monoisotopic (exact) mass is 399 g/mol. The fraction of sp³-hybridized carbons (Fsp3) is 0. The summed E-state index contributed by atoms with van der Waals surface area (Å²) in [6.45, 7) is 0. The first-order valence-corrected chi connectivity index (χ1v) is 9.17. The summed E-state index contributed by atoms with van der Waals surface area (Å²) in [5.74, 6) is 0. The van der Waals surface area contributed by atoms with Crippen LogP contribution in [0.3, 0.4) is 0 Å². The van der Waals surface area contributed by atoms with Crippen LogP contribution in [0.2, 0.25) is 0 Å². The summed E-state index contributed by atoms with van der Waals surface area (Å²) < 4.78 is 3.16. The van der Waals surface area contributed by atoms with E-state index in [0.717, 1.165) is 43.5 Å². The Labute approximate surface area is 159 Å². The lowest BCUT2D eigenvalue weighted by Crippen LogP contribution is -1.93. The predicted molar refractivity (Wildman–Crippen MR) is 109 cm³/mol. The summed E-state index contributed by atoms with van der Waals surface area (Å²) in [6.07, 6.45) is 3.89. The van der Waals surface area contributed by atoms with E-state index < -0.39 is 0 Å². The third kappa shape index (κ3) is 2.50. The van der Waals surface area contributed by atoms with Gasteiger partial charge in [-0.25, -0.2) is 9.97 Å². The standard InChI is InChI=1S/C22H14BrN3/c23-18-10-8-15(9-11-18)19-13-17-7-4-12-24-21(17)26-14-20(25-22(19)26)16-5-2-1-3-6-16/h1-14H. The Morgan fingerprint density at radius 3 is 2.38 bits per heavy atom. The van der Waals surface area contributed by atoms with Crippen LogP contribution in [0.1, 0.15) is 0 Å². The van der Waals surface area contributed by atoms with Crippen LogP contribution in [-0.4, -0.2) is 14.4 Å². The van der Waals surface area contributed by atoms with E-state index in [1.54, 1.807) is 0 Å². The average molecular weight is 400 g/mol. The Kier molecular flexibility index (Phi) is 3.57. The van der Waals surface area contributed by atoms with E-state index in [1.807, 2.05) is 30.5 Å². The molecule has 5 aromatic rings. The van der Waals surface area contributed by atoms with Crippen LogP contribution < -0.4 is 0 Å². The summed E-state index contributed by atoms with van der Waals surface area (Å²) in [7, 11) is 0. The van der Waals surface area contributed by atoms with Crippen molar-refractivity contribution in [3.63, 3.8) is 0 Å². The lowest BCUT2D eigenvalue weighted by Gasteiger charge is -2.07. The molecule has 3 nitrogen and oxygen atoms in total. The number of rotatable bonds is 2. The number of hydrogen-bond donors (Lipinski definition) is 0. The van der Waals surface area contributed by atoms with Gasteiger partial charge in [-0.1, -0.05) is 58.4 Å². The van der Waals surface area contributed by atoms with Gasteiger partial charge in [0.25, 0.3) is 0 Å². The first-order chi connectivity index (χ1) is 12.8. The zero-order valence-corrected chi connectivity index (χ0v) is 15.4. The number of halogens is 1. The maximum atomic E-state index is 4.94. The largest absolute Gasteiger partial charge is 0.283 e. The molecule has 0 aliphatic rings. The molecule has 4 heteroatoms. The topological polar surface area (TPSA) is 30.2 Å². The van der Waals surface area contributed by atoms with Crippen LogP contribution in [0.25, 0.3) is 39.1 Å². The fourth-order valence-electron chi connectivity index (χ4n) is 3.26. The van der Waals surface area contributed by atoms with Crippen LogP contribution in [0, 0.1) is 0 Å². The molecule has 0 aliphatic heterocycles. The second-order valence-electron chi connectivity index (χ2n) is 6.17. The van der Waals surface area contributed by atoms with Crippen LogP contribution in [0.4, 0.5) is 0 Å². The van der Waals surface area contributed by atoms with Crippen molar-refractivity contribution in [2.45, 2.75) is 0 Å². The molecule has 0 fully saturated rings. The first kappa shape index (κ1) is 15.3. The maximum absolute atomic E-state index is 4.94. The number of imidazole rings is 1. The van der Waals surface area contributed by atoms with Gasteiger partial charge >= 0.3 is 0 Å². The van der Waals surface area contributed by atoms with Gasteiger partial charge in [-0.05, 0) is 35.9 Å². The van der Waals surface area contributed by atoms with Crippen LogP contribution in [0.15, 0.2) is 89.7 Å². The first-order valence-electron chi connectivity index (χ1n) is 8.38. The van der Waals surface area contributed by atoms with Crippen LogP contribution in [-0.2, 0) is 0 Å². The zero-order valence-electron chi connectivity index (χ0n) is 13.8. The van der Waals surface area contributed by atoms with Gasteiger partial charge in [-0.3, -0.25) is 4.40 Å². The Morgan fingerprint density at radius 1 is 0.769 bits per heavy atom. The average Bonchev–Trinajstić information content (AvgIpc) is 3.14. The minimum Gasteiger partial charge on any atom is -0.283 e. The molecular weight excluding hydrogens is 386 g/mol. The second-order valence-corrected chi connectivity index (χ2v) is 7.08. The van der Waals surface area contributed by atoms with E-state index in [2.05, 4.69) is 80.0 Å². The highest BCUT2D eigenvalue weighted by Gasteiger charge is 2.13. The molecular formula is C22H14BrN3. The van der Waals surface area contributed by atoms with E-state index >= 15 is 0 Å². The molecule has 2 aromatic carbocycles. The summed E-state index contributed by atoms with van der Waals surface area (Å²) in [5.41, 5.74) is 6.11. The van der Waals surface area contributed by atoms with Gasteiger partial charge in [0.05, 0.1) is 5.69 Å². The summed E-state index contributed by atoms with van der Waals surface area (Å²) in [4.78, 5) is 9.52. The fourth-order valence-corrected chi connectivity index (χ4v) is 3.53. The predicted octanol–water partition coefficient (Wildman–Crippen LogP) is 5.98. The molecule has 26 heavy (non-hydrogen) atoms. The highest BCUT2D eigenvalue weighted by molar-refractivity contribution is 9.10. The Balaban J connectivity index is 1.85. The number of fused-ring (bicyclic) bond motifs is 3. The number of pyridine rings is 2. The molecule has 0 aliphatic carbocycles. The Hall–Kier alpha value is -2.98. The SMILES string of the molecule is Brc1ccc(-c2cc3cccnc3n3cc(-c4ccccc4)nc23)cc1. The lowest BCUT2D eigenvalue weighted by molar-refractivity contribution is 1.19. The molecule has 124 valence electrons. The van der Waals surface area contributed by atoms with Crippen molar-refractivity contribution < 1.29 is 0 Å². The lowest BCUT2D eigenvalue weighted by atomic mass is 10.1. The van der Waals surface area contributed by atoms with Crippen molar-refractivity contribution in [1.82, 2.24) is 14.4 Å². The van der Waals surface area contributed by atoms with Crippen molar-refractivity contribution >= 4 is 32.6 Å². The number of benzene rings is 2. The van der Waals surface area contributed by atoms with E-state index in [0.29, 0.717) is 0 Å². The van der Waals surface area contributed by atoms with Crippen molar-refractivity contribution in [1.29, 1.82) is 0 Å². The van der Waals surface area contributed by atoms with Gasteiger partial charge in [0.15, 0.2) is 0 Å². The second kappa shape index (κ2) is 6.07. The molecule has 5 rings (SSSR count). The highest BCUT2D eigenvalue weighted by atomic mass is 79.9. The van der Waals surface area contributed by atoms with Gasteiger partial charge in [-0.2, -0.15) is 0 Å². The molecule has 3 heterocycles. The molecule has 0 saturated heterocycles. The van der Waals surface area contributed by atoms with Gasteiger partial charge in [0.1, 0.15) is 11.3 Å². The van der Waals surface area contributed by atoms with Crippen molar-refractivity contribution in [2.75, 3.05) is 0 Å². The number of nitrogens with zero attached hydrogens (tertiary/aromatic N) is 3. The summed E-state index contributed by atoms with van der Waals surface area (Å²) in [5, 5.41) is 1.09. The molecule has 0 radical (unpaired) electrons. The Morgan fingerprint density at radius 2 is 1.58 bits per heavy atom. The molecule has 0 spiro atoms. The normalized spacial score (nSPS) is 11.3. The summed E-state index contributed by atoms with van der Waals surface area (Å²) >= 11 is 3.51. The van der Waals surface area contributed by atoms with E-state index in [4.69, 9.17) is 4.98 Å². The summed E-state index contributed by atoms with van der Waals surface area (Å²) in [6, 6.07) is 24.8. The molecule has 0 unspecified atom stereocenters. The van der Waals surface area contributed by atoms with Gasteiger partial charge in [-0.15, -0.1) is 0 Å². The third-order valence-electron chi connectivity index (χ3n) is 4.52. The van der Waals surface area contributed by atoms with Crippen molar-refractivity contribution in [3.05, 3.63) is 89.7 Å². The minimum atomic E-state index is 0.914. The molecule has 0 N–H and O–H groups in total. The van der Waals surface area contributed by atoms with E-state index in [1.165, 1.54) is 0 Å². The van der Waals surface area contributed by atoms with E-state index in [-0.39, 0.29) is 0 Å². The Bertz CT molecular complexity index is 1230. The molecule has 0 saturated carbocycles. The van der Waals surface area contributed by atoms with Gasteiger partial charge < -0.3 is 0 Å². The molecule has 0 bridgehead atoms. The number of aromatic nitrogens is 3. The van der Waals surface area contributed by atoms with Crippen molar-refractivity contribution in [2.24, 2.45) is 0 Å². The van der Waals surface area contributed by atoms with Gasteiger partial charge in [0.2, 0.25) is 0 Å². The highest BCUT2D eigenvalue weighted by Crippen LogP contribution is 2.31. The van der Waals surface area contributed by atoms with Gasteiger partial charge in [0, 0.05) is 33.4 Å². The van der Waals surface area contributed by atoms with E-state index in [9.17, 15) is 0 Å². The number of hydrogen-bond acceptors (Lipinski definition) is 2.